The summed E-state index contributed by atoms with van der Waals surface area (Å²) < 4.78 is 2.93. The zero-order chi connectivity index (χ0) is 8.93. The van der Waals surface area contributed by atoms with Gasteiger partial charge >= 0.3 is 85.5 Å². The van der Waals surface area contributed by atoms with Gasteiger partial charge in [-0.2, -0.15) is 0 Å². The molecule has 0 radical (unpaired) electrons. The van der Waals surface area contributed by atoms with E-state index >= 15 is 0 Å². The molecule has 0 spiro atoms. The van der Waals surface area contributed by atoms with E-state index in [0.29, 0.717) is 0 Å². The molecule has 1 heteroatoms. The summed E-state index contributed by atoms with van der Waals surface area (Å²) in [5.74, 6) is 0. The quantitative estimate of drug-likeness (QED) is 0.700. The van der Waals surface area contributed by atoms with Crippen LogP contribution in [0.3, 0.4) is 0 Å². The maximum atomic E-state index is 2.20. The van der Waals surface area contributed by atoms with Gasteiger partial charge in [0.25, 0.3) is 0 Å². The standard InChI is InChI=1S/2C6H5.V/c2*1-2-4-6-5-3-1;/h2*1-5H;. The summed E-state index contributed by atoms with van der Waals surface area (Å²) in [6, 6.07) is 21.4. The monoisotopic (exact) mass is 205 g/mol. The molecular formula is C12H10V. The van der Waals surface area contributed by atoms with Gasteiger partial charge in [0.15, 0.2) is 0 Å². The van der Waals surface area contributed by atoms with Gasteiger partial charge in [-0.15, -0.1) is 0 Å². The molecule has 0 aromatic heterocycles. The van der Waals surface area contributed by atoms with E-state index in [1.165, 1.54) is 8.55 Å². The summed E-state index contributed by atoms with van der Waals surface area (Å²) in [5.41, 5.74) is 0. The van der Waals surface area contributed by atoms with Crippen molar-refractivity contribution >= 4 is 8.55 Å². The molecule has 0 N–H and O–H groups in total. The molecule has 0 aliphatic carbocycles. The Kier molecular flexibility index (Phi) is 2.86. The summed E-state index contributed by atoms with van der Waals surface area (Å²) in [7, 11) is 0. The predicted molar refractivity (Wildman–Crippen MR) is 52.2 cm³/mol. The van der Waals surface area contributed by atoms with E-state index in [1.807, 2.05) is 0 Å². The third kappa shape index (κ3) is 2.48. The molecule has 0 saturated heterocycles. The summed E-state index contributed by atoms with van der Waals surface area (Å²) >= 11 is 0.177. The van der Waals surface area contributed by atoms with Crippen molar-refractivity contribution in [2.24, 2.45) is 0 Å². The van der Waals surface area contributed by atoms with Crippen molar-refractivity contribution < 1.29 is 16.3 Å². The van der Waals surface area contributed by atoms with Gasteiger partial charge in [0.1, 0.15) is 0 Å². The first kappa shape index (κ1) is 8.62. The number of hydrogen-bond acceptors (Lipinski definition) is 0. The molecule has 0 atom stereocenters. The van der Waals surface area contributed by atoms with Gasteiger partial charge in [-0.25, -0.2) is 0 Å². The van der Waals surface area contributed by atoms with Crippen LogP contribution in [0.2, 0.25) is 0 Å². The molecule has 2 rings (SSSR count). The molecule has 0 unspecified atom stereocenters. The van der Waals surface area contributed by atoms with Crippen LogP contribution in [0.5, 0.6) is 0 Å². The van der Waals surface area contributed by atoms with Crippen LogP contribution in [0.15, 0.2) is 60.7 Å². The first-order chi connectivity index (χ1) is 6.45. The maximum absolute atomic E-state index is 2.20. The number of hydrogen-bond donors (Lipinski definition) is 0. The topological polar surface area (TPSA) is 0 Å². The van der Waals surface area contributed by atoms with E-state index in [4.69, 9.17) is 0 Å². The Hall–Kier alpha value is -0.976. The van der Waals surface area contributed by atoms with Crippen LogP contribution in [0.4, 0.5) is 0 Å². The molecule has 0 bridgehead atoms. The van der Waals surface area contributed by atoms with Crippen molar-refractivity contribution in [1.82, 2.24) is 0 Å². The Balaban J connectivity index is 2.16. The van der Waals surface area contributed by atoms with Gasteiger partial charge in [-0.1, -0.05) is 0 Å². The Morgan fingerprint density at radius 3 is 1.31 bits per heavy atom. The second-order valence-electron chi connectivity index (χ2n) is 2.78. The molecule has 0 aliphatic rings. The second kappa shape index (κ2) is 4.31. The van der Waals surface area contributed by atoms with E-state index in [9.17, 15) is 0 Å². The van der Waals surface area contributed by atoms with E-state index in [0.717, 1.165) is 0 Å². The van der Waals surface area contributed by atoms with Crippen molar-refractivity contribution in [3.8, 4) is 0 Å². The summed E-state index contributed by atoms with van der Waals surface area (Å²) in [4.78, 5) is 0. The van der Waals surface area contributed by atoms with Gasteiger partial charge in [0.05, 0.1) is 0 Å². The molecule has 2 aromatic rings. The molecule has 0 aliphatic heterocycles. The van der Waals surface area contributed by atoms with Crippen LogP contribution in [0.25, 0.3) is 0 Å². The third-order valence-corrected chi connectivity index (χ3v) is 3.51. The Morgan fingerprint density at radius 1 is 0.538 bits per heavy atom. The second-order valence-corrected chi connectivity index (χ2v) is 4.74. The van der Waals surface area contributed by atoms with E-state index in [1.54, 1.807) is 0 Å². The Labute approximate surface area is 85.7 Å². The van der Waals surface area contributed by atoms with Crippen LogP contribution < -0.4 is 8.55 Å². The fourth-order valence-electron chi connectivity index (χ4n) is 1.15. The van der Waals surface area contributed by atoms with Crippen molar-refractivity contribution in [1.29, 1.82) is 0 Å². The molecule has 0 nitrogen and oxygen atoms in total. The van der Waals surface area contributed by atoms with Gasteiger partial charge in [0, 0.05) is 0 Å². The number of benzene rings is 2. The van der Waals surface area contributed by atoms with Gasteiger partial charge in [-0.3, -0.25) is 0 Å². The summed E-state index contributed by atoms with van der Waals surface area (Å²) in [5, 5.41) is 0. The molecule has 0 saturated carbocycles. The van der Waals surface area contributed by atoms with Crippen LogP contribution in [0, 0.1) is 0 Å². The average molecular weight is 205 g/mol. The van der Waals surface area contributed by atoms with Gasteiger partial charge < -0.3 is 0 Å². The van der Waals surface area contributed by atoms with Crippen LogP contribution in [-0.4, -0.2) is 0 Å². The van der Waals surface area contributed by atoms with Crippen LogP contribution in [-0.2, 0) is 16.3 Å². The minimum absolute atomic E-state index is 0.177. The molecular weight excluding hydrogens is 195 g/mol. The first-order valence-electron chi connectivity index (χ1n) is 4.27. The first-order valence-corrected chi connectivity index (χ1v) is 5.67. The summed E-state index contributed by atoms with van der Waals surface area (Å²) in [6.07, 6.45) is 0. The normalized spacial score (nSPS) is 9.54. The van der Waals surface area contributed by atoms with E-state index < -0.39 is 0 Å². The van der Waals surface area contributed by atoms with Crippen molar-refractivity contribution in [3.63, 3.8) is 0 Å². The zero-order valence-electron chi connectivity index (χ0n) is 7.22. The number of rotatable bonds is 2. The minimum atomic E-state index is 0.177. The molecule has 0 heterocycles. The fraction of sp³-hybridized carbons (Fsp3) is 0. The van der Waals surface area contributed by atoms with E-state index in [-0.39, 0.29) is 16.3 Å². The summed E-state index contributed by atoms with van der Waals surface area (Å²) in [6.45, 7) is 0. The fourth-order valence-corrected chi connectivity index (χ4v) is 2.62. The molecule has 13 heavy (non-hydrogen) atoms. The van der Waals surface area contributed by atoms with Gasteiger partial charge in [0.2, 0.25) is 0 Å². The van der Waals surface area contributed by atoms with Crippen molar-refractivity contribution in [2.75, 3.05) is 0 Å². The van der Waals surface area contributed by atoms with Crippen LogP contribution >= 0.6 is 0 Å². The average Bonchev–Trinajstić information content (AvgIpc) is 2.21. The Morgan fingerprint density at radius 2 is 0.923 bits per heavy atom. The molecule has 63 valence electrons. The third-order valence-electron chi connectivity index (χ3n) is 1.77. The van der Waals surface area contributed by atoms with E-state index in [2.05, 4.69) is 60.7 Å². The predicted octanol–water partition coefficient (Wildman–Crippen LogP) is 1.72. The van der Waals surface area contributed by atoms with Crippen LogP contribution in [0.1, 0.15) is 0 Å². The molecule has 0 amide bonds. The van der Waals surface area contributed by atoms with Crippen molar-refractivity contribution in [2.45, 2.75) is 0 Å². The Bertz CT molecular complexity index is 316. The molecule has 0 fully saturated rings. The SMILES string of the molecule is c1cc[c]([V][c]2ccccc2)cc1. The van der Waals surface area contributed by atoms with Crippen molar-refractivity contribution in [3.05, 3.63) is 60.7 Å². The molecule has 2 aromatic carbocycles. The zero-order valence-corrected chi connectivity index (χ0v) is 8.62. The van der Waals surface area contributed by atoms with Gasteiger partial charge in [-0.05, 0) is 0 Å².